The van der Waals surface area contributed by atoms with Crippen LogP contribution in [0.3, 0.4) is 0 Å². The van der Waals surface area contributed by atoms with E-state index in [0.29, 0.717) is 11.3 Å². The Morgan fingerprint density at radius 1 is 0.958 bits per heavy atom. The highest BCUT2D eigenvalue weighted by molar-refractivity contribution is 6.23. The lowest BCUT2D eigenvalue weighted by Gasteiger charge is -2.19. The number of hydrogen-bond acceptors (Lipinski definition) is 3. The predicted molar refractivity (Wildman–Crippen MR) is 90.4 cm³/mol. The number of carbonyl (C=O) groups is 3. The average Bonchev–Trinajstić information content (AvgIpc) is 3.17. The fourth-order valence-electron chi connectivity index (χ4n) is 4.55. The molecule has 3 aliphatic rings. The second-order valence-electron chi connectivity index (χ2n) is 7.06. The van der Waals surface area contributed by atoms with E-state index in [-0.39, 0.29) is 41.3 Å². The number of Topliss-reactive ketones (excluding diaryl/α,β-unsaturated/α-hetero) is 1. The van der Waals surface area contributed by atoms with Crippen LogP contribution in [-0.4, -0.2) is 17.6 Å². The first-order chi connectivity index (χ1) is 11.4. The topological polar surface area (TPSA) is 54.5 Å². The molecule has 1 heterocycles. The minimum absolute atomic E-state index is 0.0439. The summed E-state index contributed by atoms with van der Waals surface area (Å²) >= 11 is 0. The molecule has 0 spiro atoms. The summed E-state index contributed by atoms with van der Waals surface area (Å²) in [6, 6.07) is 6.77. The Kier molecular flexibility index (Phi) is 3.14. The first-order valence-corrected chi connectivity index (χ1v) is 8.26. The minimum atomic E-state index is -0.293. The summed E-state index contributed by atoms with van der Waals surface area (Å²) in [5, 5.41) is 0. The van der Waals surface area contributed by atoms with Crippen molar-refractivity contribution in [3.05, 3.63) is 53.1 Å². The molecule has 2 aliphatic carbocycles. The molecule has 1 aromatic rings. The van der Waals surface area contributed by atoms with E-state index in [2.05, 4.69) is 12.2 Å². The van der Waals surface area contributed by atoms with Gasteiger partial charge in [-0.2, -0.15) is 0 Å². The molecule has 24 heavy (non-hydrogen) atoms. The number of rotatable bonds is 2. The molecule has 1 saturated carbocycles. The van der Waals surface area contributed by atoms with Gasteiger partial charge in [-0.25, -0.2) is 4.90 Å². The van der Waals surface area contributed by atoms with E-state index in [1.54, 1.807) is 24.3 Å². The Bertz CT molecular complexity index is 810. The molecule has 4 atom stereocenters. The van der Waals surface area contributed by atoms with Crippen molar-refractivity contribution < 1.29 is 14.4 Å². The van der Waals surface area contributed by atoms with Gasteiger partial charge in [0.25, 0.3) is 0 Å². The first kappa shape index (κ1) is 15.1. The summed E-state index contributed by atoms with van der Waals surface area (Å²) in [7, 11) is 0. The van der Waals surface area contributed by atoms with Crippen LogP contribution >= 0.6 is 0 Å². The Labute approximate surface area is 140 Å². The Morgan fingerprint density at radius 3 is 2.04 bits per heavy atom. The first-order valence-electron chi connectivity index (χ1n) is 8.26. The third-order valence-electron chi connectivity index (χ3n) is 5.50. The number of fused-ring (bicyclic) bond motifs is 5. The lowest BCUT2D eigenvalue weighted by atomic mass is 9.85. The number of ketones is 1. The third-order valence-corrected chi connectivity index (χ3v) is 5.50. The van der Waals surface area contributed by atoms with Crippen LogP contribution in [0.2, 0.25) is 0 Å². The van der Waals surface area contributed by atoms with Crippen LogP contribution in [0.15, 0.2) is 47.6 Å². The molecule has 122 valence electrons. The largest absolute Gasteiger partial charge is 0.295 e. The number of amides is 2. The Morgan fingerprint density at radius 2 is 1.54 bits per heavy atom. The molecular formula is C20H19NO3. The maximum atomic E-state index is 13.0. The molecule has 0 aromatic heterocycles. The molecule has 1 aromatic carbocycles. The van der Waals surface area contributed by atoms with Crippen LogP contribution in [0.1, 0.15) is 31.1 Å². The van der Waals surface area contributed by atoms with Crippen LogP contribution in [-0.2, 0) is 9.59 Å². The normalized spacial score (nSPS) is 30.3. The second-order valence-corrected chi connectivity index (χ2v) is 7.06. The monoisotopic (exact) mass is 321 g/mol. The van der Waals surface area contributed by atoms with Crippen LogP contribution in [0.25, 0.3) is 0 Å². The fourth-order valence-corrected chi connectivity index (χ4v) is 4.55. The second kappa shape index (κ2) is 5.00. The summed E-state index contributed by atoms with van der Waals surface area (Å²) in [6.45, 7) is 5.57. The van der Waals surface area contributed by atoms with Gasteiger partial charge >= 0.3 is 0 Å². The van der Waals surface area contributed by atoms with Crippen molar-refractivity contribution >= 4 is 23.3 Å². The standard InChI is InChI=1S/C20H19NO3/c1-10(2)16-14-7-8-15(16)18-17(14)19(23)21(20(18)24)13-6-4-5-12(9-13)11(3)22/h4-9,14-15,17-18H,1-3H3/t14-,15+,17-,18+. The van der Waals surface area contributed by atoms with E-state index in [1.165, 1.54) is 23.0 Å². The zero-order valence-corrected chi connectivity index (χ0v) is 13.9. The van der Waals surface area contributed by atoms with E-state index in [0.717, 1.165) is 0 Å². The zero-order chi connectivity index (χ0) is 17.2. The summed E-state index contributed by atoms with van der Waals surface area (Å²) in [4.78, 5) is 38.9. The molecule has 4 rings (SSSR count). The van der Waals surface area contributed by atoms with Crippen molar-refractivity contribution in [3.63, 3.8) is 0 Å². The van der Waals surface area contributed by atoms with Gasteiger partial charge in [0, 0.05) is 17.4 Å². The Balaban J connectivity index is 1.76. The molecule has 0 radical (unpaired) electrons. The van der Waals surface area contributed by atoms with Crippen LogP contribution in [0.5, 0.6) is 0 Å². The molecule has 1 saturated heterocycles. The van der Waals surface area contributed by atoms with E-state index >= 15 is 0 Å². The molecular weight excluding hydrogens is 302 g/mol. The van der Waals surface area contributed by atoms with Crippen molar-refractivity contribution in [1.82, 2.24) is 0 Å². The zero-order valence-electron chi connectivity index (χ0n) is 13.9. The molecule has 2 amide bonds. The van der Waals surface area contributed by atoms with E-state index in [4.69, 9.17) is 0 Å². The van der Waals surface area contributed by atoms with Gasteiger partial charge in [0.15, 0.2) is 5.78 Å². The summed E-state index contributed by atoms with van der Waals surface area (Å²) in [5.41, 5.74) is 3.46. The van der Waals surface area contributed by atoms with Gasteiger partial charge in [-0.1, -0.05) is 35.4 Å². The lowest BCUT2D eigenvalue weighted by Crippen LogP contribution is -2.33. The highest BCUT2D eigenvalue weighted by atomic mass is 16.2. The predicted octanol–water partition coefficient (Wildman–Crippen LogP) is 3.15. The van der Waals surface area contributed by atoms with Gasteiger partial charge in [0.05, 0.1) is 17.5 Å². The number of imide groups is 1. The summed E-state index contributed by atoms with van der Waals surface area (Å²) in [6.07, 6.45) is 4.16. The molecule has 1 aliphatic heterocycles. The minimum Gasteiger partial charge on any atom is -0.295 e. The van der Waals surface area contributed by atoms with Gasteiger partial charge in [0.2, 0.25) is 11.8 Å². The number of allylic oxidation sites excluding steroid dienone is 4. The van der Waals surface area contributed by atoms with Crippen LogP contribution in [0, 0.1) is 23.7 Å². The van der Waals surface area contributed by atoms with Crippen molar-refractivity contribution in [2.24, 2.45) is 23.7 Å². The quantitative estimate of drug-likeness (QED) is 0.478. The number of carbonyl (C=O) groups excluding carboxylic acids is 3. The summed E-state index contributed by atoms with van der Waals surface area (Å²) < 4.78 is 0. The smallest absolute Gasteiger partial charge is 0.238 e. The van der Waals surface area contributed by atoms with Crippen molar-refractivity contribution in [3.8, 4) is 0 Å². The van der Waals surface area contributed by atoms with Gasteiger partial charge in [0.1, 0.15) is 0 Å². The number of hydrogen-bond donors (Lipinski definition) is 0. The van der Waals surface area contributed by atoms with Crippen molar-refractivity contribution in [1.29, 1.82) is 0 Å². The van der Waals surface area contributed by atoms with Crippen molar-refractivity contribution in [2.45, 2.75) is 20.8 Å². The Hall–Kier alpha value is -2.49. The lowest BCUT2D eigenvalue weighted by molar-refractivity contribution is -0.122. The molecule has 0 unspecified atom stereocenters. The molecule has 4 nitrogen and oxygen atoms in total. The van der Waals surface area contributed by atoms with Gasteiger partial charge in [-0.3, -0.25) is 14.4 Å². The third kappa shape index (κ3) is 1.83. The average molecular weight is 321 g/mol. The van der Waals surface area contributed by atoms with Gasteiger partial charge in [-0.05, 0) is 32.9 Å². The molecule has 2 fully saturated rings. The molecule has 0 N–H and O–H groups in total. The van der Waals surface area contributed by atoms with Crippen LogP contribution < -0.4 is 4.90 Å². The molecule has 4 heteroatoms. The highest BCUT2D eigenvalue weighted by Crippen LogP contribution is 2.57. The fraction of sp³-hybridized carbons (Fsp3) is 0.350. The van der Waals surface area contributed by atoms with Crippen molar-refractivity contribution in [2.75, 3.05) is 4.90 Å². The number of nitrogens with zero attached hydrogens (tertiary/aromatic N) is 1. The molecule has 2 bridgehead atoms. The summed E-state index contributed by atoms with van der Waals surface area (Å²) in [5.74, 6) is -0.853. The van der Waals surface area contributed by atoms with Crippen LogP contribution in [0.4, 0.5) is 5.69 Å². The maximum Gasteiger partial charge on any atom is 0.238 e. The van der Waals surface area contributed by atoms with E-state index < -0.39 is 0 Å². The number of anilines is 1. The van der Waals surface area contributed by atoms with E-state index in [1.807, 2.05) is 13.8 Å². The highest BCUT2D eigenvalue weighted by Gasteiger charge is 2.61. The number of benzene rings is 1. The van der Waals surface area contributed by atoms with Gasteiger partial charge in [-0.15, -0.1) is 0 Å². The SMILES string of the molecule is CC(=O)c1cccc(N2C(=O)[C@@H]3[C@H](C2=O)[C@@H]2C=C[C@H]3C2=C(C)C)c1. The van der Waals surface area contributed by atoms with E-state index in [9.17, 15) is 14.4 Å². The van der Waals surface area contributed by atoms with Gasteiger partial charge < -0.3 is 0 Å². The maximum absolute atomic E-state index is 13.0.